The Balaban J connectivity index is 1.64. The zero-order chi connectivity index (χ0) is 16.2. The molecule has 0 saturated heterocycles. The number of anilines is 1. The fraction of sp³-hybridized carbons (Fsp3) is 0.353. The summed E-state index contributed by atoms with van der Waals surface area (Å²) in [6.45, 7) is 7.55. The van der Waals surface area contributed by atoms with Crippen molar-refractivity contribution in [2.45, 2.75) is 39.8 Å². The Morgan fingerprint density at radius 3 is 2.78 bits per heavy atom. The summed E-state index contributed by atoms with van der Waals surface area (Å²) in [5.74, 6) is 1.99. The maximum Gasteiger partial charge on any atom is 0.321 e. The minimum absolute atomic E-state index is 0.260. The molecule has 23 heavy (non-hydrogen) atoms. The predicted octanol–water partition coefficient (Wildman–Crippen LogP) is 3.36. The van der Waals surface area contributed by atoms with Gasteiger partial charge < -0.3 is 14.4 Å². The monoisotopic (exact) mass is 311 g/mol. The summed E-state index contributed by atoms with van der Waals surface area (Å²) < 4.78 is 7.32. The van der Waals surface area contributed by atoms with Crippen LogP contribution in [0.1, 0.15) is 42.5 Å². The molecule has 1 N–H and O–H groups in total. The summed E-state index contributed by atoms with van der Waals surface area (Å²) in [6, 6.07) is 8.89. The molecule has 2 aromatic heterocycles. The Labute approximate surface area is 135 Å². The average molecular weight is 311 g/mol. The first-order valence-electron chi connectivity index (χ1n) is 7.75. The molecule has 6 nitrogen and oxygen atoms in total. The highest BCUT2D eigenvalue weighted by molar-refractivity contribution is 5.28. The highest BCUT2D eigenvalue weighted by Gasteiger charge is 2.09. The average Bonchev–Trinajstić information content (AvgIpc) is 3.16. The SMILES string of the molecule is Cc1nccn1Cc1cccc(CNc2nc(C(C)C)no2)c1. The van der Waals surface area contributed by atoms with Crippen LogP contribution >= 0.6 is 0 Å². The van der Waals surface area contributed by atoms with E-state index in [9.17, 15) is 0 Å². The first-order chi connectivity index (χ1) is 11.1. The van der Waals surface area contributed by atoms with Gasteiger partial charge in [-0.3, -0.25) is 0 Å². The van der Waals surface area contributed by atoms with Crippen LogP contribution in [0.25, 0.3) is 0 Å². The van der Waals surface area contributed by atoms with Crippen molar-refractivity contribution in [2.24, 2.45) is 0 Å². The largest absolute Gasteiger partial charge is 0.334 e. The van der Waals surface area contributed by atoms with Crippen LogP contribution in [0.4, 0.5) is 6.01 Å². The fourth-order valence-corrected chi connectivity index (χ4v) is 2.32. The summed E-state index contributed by atoms with van der Waals surface area (Å²) >= 11 is 0. The van der Waals surface area contributed by atoms with Crippen LogP contribution < -0.4 is 5.32 Å². The Kier molecular flexibility index (Phi) is 4.41. The first kappa shape index (κ1) is 15.3. The highest BCUT2D eigenvalue weighted by atomic mass is 16.5. The number of rotatable bonds is 6. The van der Waals surface area contributed by atoms with E-state index in [2.05, 4.69) is 49.3 Å². The van der Waals surface area contributed by atoms with Gasteiger partial charge in [-0.25, -0.2) is 4.98 Å². The Morgan fingerprint density at radius 2 is 2.09 bits per heavy atom. The van der Waals surface area contributed by atoms with E-state index in [1.54, 1.807) is 0 Å². The van der Waals surface area contributed by atoms with E-state index in [1.807, 2.05) is 33.2 Å². The summed E-state index contributed by atoms with van der Waals surface area (Å²) in [6.07, 6.45) is 3.81. The van der Waals surface area contributed by atoms with Crippen molar-refractivity contribution in [1.82, 2.24) is 19.7 Å². The molecule has 3 aromatic rings. The Hall–Kier alpha value is -2.63. The van der Waals surface area contributed by atoms with Gasteiger partial charge in [0.05, 0.1) is 0 Å². The number of aryl methyl sites for hydroxylation is 1. The van der Waals surface area contributed by atoms with Gasteiger partial charge in [0.2, 0.25) is 0 Å². The predicted molar refractivity (Wildman–Crippen MR) is 88.2 cm³/mol. The minimum atomic E-state index is 0.260. The molecule has 0 amide bonds. The lowest BCUT2D eigenvalue weighted by molar-refractivity contribution is 0.419. The lowest BCUT2D eigenvalue weighted by Crippen LogP contribution is -2.03. The van der Waals surface area contributed by atoms with Gasteiger partial charge in [-0.2, -0.15) is 4.98 Å². The quantitative estimate of drug-likeness (QED) is 0.756. The molecule has 0 bridgehead atoms. The van der Waals surface area contributed by atoms with Gasteiger partial charge in [0.15, 0.2) is 5.82 Å². The number of hydrogen-bond acceptors (Lipinski definition) is 5. The molecule has 0 radical (unpaired) electrons. The van der Waals surface area contributed by atoms with E-state index >= 15 is 0 Å². The first-order valence-corrected chi connectivity index (χ1v) is 7.75. The second kappa shape index (κ2) is 6.64. The summed E-state index contributed by atoms with van der Waals surface area (Å²) in [4.78, 5) is 8.57. The lowest BCUT2D eigenvalue weighted by atomic mass is 10.1. The van der Waals surface area contributed by atoms with Gasteiger partial charge in [-0.15, -0.1) is 0 Å². The van der Waals surface area contributed by atoms with E-state index in [0.29, 0.717) is 12.6 Å². The molecule has 120 valence electrons. The molecule has 6 heteroatoms. The van der Waals surface area contributed by atoms with E-state index in [1.165, 1.54) is 11.1 Å². The number of benzene rings is 1. The molecule has 0 aliphatic heterocycles. The van der Waals surface area contributed by atoms with Gasteiger partial charge in [-0.1, -0.05) is 43.3 Å². The van der Waals surface area contributed by atoms with E-state index < -0.39 is 0 Å². The van der Waals surface area contributed by atoms with Crippen molar-refractivity contribution in [2.75, 3.05) is 5.32 Å². The molecular weight excluding hydrogens is 290 g/mol. The Bertz CT molecular complexity index is 775. The van der Waals surface area contributed by atoms with Crippen LogP contribution in [0.15, 0.2) is 41.2 Å². The van der Waals surface area contributed by atoms with Crippen LogP contribution in [0, 0.1) is 6.92 Å². The molecule has 0 saturated carbocycles. The Morgan fingerprint density at radius 1 is 1.26 bits per heavy atom. The van der Waals surface area contributed by atoms with Crippen molar-refractivity contribution in [1.29, 1.82) is 0 Å². The second-order valence-electron chi connectivity index (χ2n) is 5.89. The molecule has 0 fully saturated rings. The van der Waals surface area contributed by atoms with E-state index in [0.717, 1.165) is 18.2 Å². The standard InChI is InChI=1S/C17H21N5O/c1-12(2)16-20-17(23-21-16)19-10-14-5-4-6-15(9-14)11-22-8-7-18-13(22)3/h4-9,12H,10-11H2,1-3H3,(H,19,20,21). The van der Waals surface area contributed by atoms with Crippen molar-refractivity contribution < 1.29 is 4.52 Å². The molecule has 0 atom stereocenters. The van der Waals surface area contributed by atoms with Crippen LogP contribution in [0.5, 0.6) is 0 Å². The maximum atomic E-state index is 5.19. The number of nitrogens with zero attached hydrogens (tertiary/aromatic N) is 4. The van der Waals surface area contributed by atoms with Crippen molar-refractivity contribution >= 4 is 6.01 Å². The zero-order valence-electron chi connectivity index (χ0n) is 13.7. The molecule has 0 spiro atoms. The smallest absolute Gasteiger partial charge is 0.321 e. The molecule has 0 unspecified atom stereocenters. The van der Waals surface area contributed by atoms with Crippen LogP contribution in [0.2, 0.25) is 0 Å². The van der Waals surface area contributed by atoms with Gasteiger partial charge >= 0.3 is 6.01 Å². The van der Waals surface area contributed by atoms with Crippen LogP contribution in [0.3, 0.4) is 0 Å². The van der Waals surface area contributed by atoms with Gasteiger partial charge in [0.1, 0.15) is 5.82 Å². The van der Waals surface area contributed by atoms with Gasteiger partial charge in [-0.05, 0) is 18.1 Å². The van der Waals surface area contributed by atoms with E-state index in [-0.39, 0.29) is 5.92 Å². The maximum absolute atomic E-state index is 5.19. The van der Waals surface area contributed by atoms with Crippen molar-refractivity contribution in [3.8, 4) is 0 Å². The third-order valence-electron chi connectivity index (χ3n) is 3.67. The minimum Gasteiger partial charge on any atom is -0.334 e. The third kappa shape index (κ3) is 3.77. The normalized spacial score (nSPS) is 11.1. The van der Waals surface area contributed by atoms with Crippen molar-refractivity contribution in [3.63, 3.8) is 0 Å². The lowest BCUT2D eigenvalue weighted by Gasteiger charge is -2.08. The van der Waals surface area contributed by atoms with Crippen molar-refractivity contribution in [3.05, 3.63) is 59.4 Å². The van der Waals surface area contributed by atoms with Crippen LogP contribution in [-0.4, -0.2) is 19.7 Å². The second-order valence-corrected chi connectivity index (χ2v) is 5.89. The number of nitrogens with one attached hydrogen (secondary N) is 1. The number of aromatic nitrogens is 4. The fourth-order valence-electron chi connectivity index (χ4n) is 2.32. The summed E-state index contributed by atoms with van der Waals surface area (Å²) in [5, 5.41) is 7.12. The van der Waals surface area contributed by atoms with Crippen LogP contribution in [-0.2, 0) is 13.1 Å². The van der Waals surface area contributed by atoms with Gasteiger partial charge in [0, 0.05) is 31.4 Å². The third-order valence-corrected chi connectivity index (χ3v) is 3.67. The summed E-state index contributed by atoms with van der Waals surface area (Å²) in [7, 11) is 0. The zero-order valence-corrected chi connectivity index (χ0v) is 13.7. The number of hydrogen-bond donors (Lipinski definition) is 1. The molecule has 0 aliphatic carbocycles. The van der Waals surface area contributed by atoms with Gasteiger partial charge in [0.25, 0.3) is 0 Å². The number of imidazole rings is 1. The van der Waals surface area contributed by atoms with E-state index in [4.69, 9.17) is 4.52 Å². The molecule has 1 aromatic carbocycles. The summed E-state index contributed by atoms with van der Waals surface area (Å²) in [5.41, 5.74) is 2.41. The molecule has 3 rings (SSSR count). The molecule has 2 heterocycles. The highest BCUT2D eigenvalue weighted by Crippen LogP contribution is 2.14. The topological polar surface area (TPSA) is 68.8 Å². The molecule has 0 aliphatic rings. The molecular formula is C17H21N5O.